The summed E-state index contributed by atoms with van der Waals surface area (Å²) in [6.07, 6.45) is 15.8. The molecular formula is C18H34N2. The highest BCUT2D eigenvalue weighted by atomic mass is 15.2. The van der Waals surface area contributed by atoms with Gasteiger partial charge in [-0.05, 0) is 56.9 Å². The Kier molecular flexibility index (Phi) is 4.72. The fourth-order valence-electron chi connectivity index (χ4n) is 5.45. The molecule has 2 heteroatoms. The number of fused-ring (bicyclic) bond motifs is 2. The molecule has 0 saturated heterocycles. The van der Waals surface area contributed by atoms with Gasteiger partial charge in [0.15, 0.2) is 0 Å². The average Bonchev–Trinajstić information content (AvgIpc) is 3.01. The van der Waals surface area contributed by atoms with E-state index in [2.05, 4.69) is 11.9 Å². The van der Waals surface area contributed by atoms with Crippen molar-refractivity contribution in [3.05, 3.63) is 0 Å². The molecular weight excluding hydrogens is 244 g/mol. The van der Waals surface area contributed by atoms with Crippen molar-refractivity contribution in [2.24, 2.45) is 23.5 Å². The molecule has 3 aliphatic carbocycles. The number of nitrogens with zero attached hydrogens (tertiary/aromatic N) is 1. The van der Waals surface area contributed by atoms with Crippen LogP contribution in [0.25, 0.3) is 0 Å². The van der Waals surface area contributed by atoms with E-state index in [9.17, 15) is 0 Å². The lowest BCUT2D eigenvalue weighted by molar-refractivity contribution is 0.0666. The van der Waals surface area contributed by atoms with Gasteiger partial charge in [0.2, 0.25) is 0 Å². The summed E-state index contributed by atoms with van der Waals surface area (Å²) in [5.74, 6) is 3.10. The SMILES string of the molecule is CN(CC1CC2CCC1C2)C1(CN)CCCCCCC1. The van der Waals surface area contributed by atoms with Crippen molar-refractivity contribution in [1.29, 1.82) is 0 Å². The Bertz CT molecular complexity index is 307. The van der Waals surface area contributed by atoms with E-state index in [-0.39, 0.29) is 0 Å². The number of hydrogen-bond acceptors (Lipinski definition) is 2. The molecule has 2 nitrogen and oxygen atoms in total. The summed E-state index contributed by atoms with van der Waals surface area (Å²) in [5.41, 5.74) is 6.59. The molecule has 3 aliphatic rings. The zero-order valence-corrected chi connectivity index (χ0v) is 13.4. The van der Waals surface area contributed by atoms with Gasteiger partial charge in [-0.3, -0.25) is 4.90 Å². The number of rotatable bonds is 4. The molecule has 2 bridgehead atoms. The first-order valence-corrected chi connectivity index (χ1v) is 9.15. The molecule has 3 atom stereocenters. The monoisotopic (exact) mass is 278 g/mol. The standard InChI is InChI=1S/C18H34N2/c1-20(13-17-12-15-7-8-16(17)11-15)18(14-19)9-5-3-2-4-6-10-18/h15-17H,2-14,19H2,1H3. The Morgan fingerprint density at radius 1 is 1.00 bits per heavy atom. The molecule has 0 heterocycles. The molecule has 0 aliphatic heterocycles. The van der Waals surface area contributed by atoms with Crippen LogP contribution < -0.4 is 5.73 Å². The summed E-state index contributed by atoms with van der Waals surface area (Å²) >= 11 is 0. The van der Waals surface area contributed by atoms with Crippen LogP contribution in [0, 0.1) is 17.8 Å². The van der Waals surface area contributed by atoms with E-state index >= 15 is 0 Å². The van der Waals surface area contributed by atoms with Crippen molar-refractivity contribution >= 4 is 0 Å². The first kappa shape index (κ1) is 14.8. The molecule has 0 aromatic carbocycles. The lowest BCUT2D eigenvalue weighted by Gasteiger charge is -2.44. The molecule has 3 rings (SSSR count). The van der Waals surface area contributed by atoms with Gasteiger partial charge in [0.25, 0.3) is 0 Å². The predicted octanol–water partition coefficient (Wildman–Crippen LogP) is 3.80. The summed E-state index contributed by atoms with van der Waals surface area (Å²) in [5, 5.41) is 0. The predicted molar refractivity (Wildman–Crippen MR) is 85.7 cm³/mol. The van der Waals surface area contributed by atoms with Gasteiger partial charge in [-0.15, -0.1) is 0 Å². The van der Waals surface area contributed by atoms with Crippen LogP contribution >= 0.6 is 0 Å². The minimum atomic E-state index is 0.322. The fraction of sp³-hybridized carbons (Fsp3) is 1.00. The van der Waals surface area contributed by atoms with Gasteiger partial charge in [0, 0.05) is 18.6 Å². The number of hydrogen-bond donors (Lipinski definition) is 1. The van der Waals surface area contributed by atoms with Crippen molar-refractivity contribution in [2.45, 2.75) is 76.2 Å². The van der Waals surface area contributed by atoms with Gasteiger partial charge in [0.1, 0.15) is 0 Å². The largest absolute Gasteiger partial charge is 0.329 e. The van der Waals surface area contributed by atoms with Crippen LogP contribution in [0.1, 0.15) is 70.6 Å². The van der Waals surface area contributed by atoms with Crippen molar-refractivity contribution in [2.75, 3.05) is 20.1 Å². The zero-order chi connectivity index (χ0) is 14.0. The average molecular weight is 278 g/mol. The van der Waals surface area contributed by atoms with Gasteiger partial charge in [-0.1, -0.05) is 38.5 Å². The van der Waals surface area contributed by atoms with Crippen LogP contribution in [0.5, 0.6) is 0 Å². The molecule has 116 valence electrons. The van der Waals surface area contributed by atoms with E-state index in [1.807, 2.05) is 0 Å². The molecule has 20 heavy (non-hydrogen) atoms. The van der Waals surface area contributed by atoms with Crippen LogP contribution in [0.15, 0.2) is 0 Å². The maximum atomic E-state index is 6.27. The third-order valence-electron chi connectivity index (χ3n) is 6.87. The molecule has 0 aromatic heterocycles. The first-order valence-electron chi connectivity index (χ1n) is 9.15. The lowest BCUT2D eigenvalue weighted by Crippen LogP contribution is -2.54. The van der Waals surface area contributed by atoms with E-state index in [1.165, 1.54) is 77.2 Å². The van der Waals surface area contributed by atoms with Gasteiger partial charge >= 0.3 is 0 Å². The number of likely N-dealkylation sites (N-methyl/N-ethyl adjacent to an activating group) is 1. The van der Waals surface area contributed by atoms with Crippen molar-refractivity contribution in [3.63, 3.8) is 0 Å². The Morgan fingerprint density at radius 3 is 2.25 bits per heavy atom. The molecule has 2 N–H and O–H groups in total. The van der Waals surface area contributed by atoms with Crippen LogP contribution in [0.4, 0.5) is 0 Å². The summed E-state index contributed by atoms with van der Waals surface area (Å²) in [7, 11) is 2.38. The minimum absolute atomic E-state index is 0.322. The zero-order valence-electron chi connectivity index (χ0n) is 13.4. The van der Waals surface area contributed by atoms with E-state index in [0.29, 0.717) is 5.54 Å². The third-order valence-corrected chi connectivity index (χ3v) is 6.87. The second-order valence-electron chi connectivity index (χ2n) is 8.01. The van der Waals surface area contributed by atoms with Crippen LogP contribution in [0.3, 0.4) is 0 Å². The summed E-state index contributed by atoms with van der Waals surface area (Å²) in [6.45, 7) is 2.18. The Morgan fingerprint density at radius 2 is 1.70 bits per heavy atom. The van der Waals surface area contributed by atoms with Crippen LogP contribution in [0.2, 0.25) is 0 Å². The van der Waals surface area contributed by atoms with E-state index < -0.39 is 0 Å². The summed E-state index contributed by atoms with van der Waals surface area (Å²) < 4.78 is 0. The molecule has 0 amide bonds. The number of nitrogens with two attached hydrogens (primary N) is 1. The van der Waals surface area contributed by atoms with Crippen LogP contribution in [-0.4, -0.2) is 30.6 Å². The maximum absolute atomic E-state index is 6.27. The second-order valence-corrected chi connectivity index (χ2v) is 8.01. The van der Waals surface area contributed by atoms with Crippen molar-refractivity contribution in [3.8, 4) is 0 Å². The highest BCUT2D eigenvalue weighted by Crippen LogP contribution is 2.49. The molecule has 3 unspecified atom stereocenters. The maximum Gasteiger partial charge on any atom is 0.0328 e. The van der Waals surface area contributed by atoms with E-state index in [0.717, 1.165) is 24.3 Å². The Balaban J connectivity index is 1.61. The van der Waals surface area contributed by atoms with Gasteiger partial charge < -0.3 is 5.73 Å². The lowest BCUT2D eigenvalue weighted by atomic mass is 9.81. The molecule has 0 spiro atoms. The Hall–Kier alpha value is -0.0800. The van der Waals surface area contributed by atoms with Crippen LogP contribution in [-0.2, 0) is 0 Å². The normalized spacial score (nSPS) is 37.0. The second kappa shape index (κ2) is 6.36. The summed E-state index contributed by atoms with van der Waals surface area (Å²) in [6, 6.07) is 0. The topological polar surface area (TPSA) is 29.3 Å². The molecule has 3 saturated carbocycles. The highest BCUT2D eigenvalue weighted by Gasteiger charge is 2.42. The molecule has 3 fully saturated rings. The third kappa shape index (κ3) is 2.92. The van der Waals surface area contributed by atoms with Gasteiger partial charge in [-0.25, -0.2) is 0 Å². The van der Waals surface area contributed by atoms with E-state index in [1.54, 1.807) is 0 Å². The quantitative estimate of drug-likeness (QED) is 0.847. The first-order chi connectivity index (χ1) is 9.73. The molecule has 0 radical (unpaired) electrons. The highest BCUT2D eigenvalue weighted by molar-refractivity contribution is 4.96. The van der Waals surface area contributed by atoms with Crippen molar-refractivity contribution < 1.29 is 0 Å². The summed E-state index contributed by atoms with van der Waals surface area (Å²) in [4.78, 5) is 2.70. The van der Waals surface area contributed by atoms with E-state index in [4.69, 9.17) is 5.73 Å². The molecule has 0 aromatic rings. The smallest absolute Gasteiger partial charge is 0.0328 e. The fourth-order valence-corrected chi connectivity index (χ4v) is 5.45. The minimum Gasteiger partial charge on any atom is -0.329 e. The Labute approximate surface area is 125 Å². The van der Waals surface area contributed by atoms with Gasteiger partial charge in [0.05, 0.1) is 0 Å². The van der Waals surface area contributed by atoms with Gasteiger partial charge in [-0.2, -0.15) is 0 Å². The van der Waals surface area contributed by atoms with Crippen molar-refractivity contribution in [1.82, 2.24) is 4.90 Å².